The molecule has 2 aliphatic rings. The van der Waals surface area contributed by atoms with E-state index in [1.807, 2.05) is 36.5 Å². The third kappa shape index (κ3) is 1.13. The molecule has 86 valence electrons. The Morgan fingerprint density at radius 3 is 2.89 bits per heavy atom. The van der Waals surface area contributed by atoms with Crippen LogP contribution in [0, 0.1) is 0 Å². The Labute approximate surface area is 103 Å². The van der Waals surface area contributed by atoms with Crippen molar-refractivity contribution in [3.05, 3.63) is 75.2 Å². The molecule has 2 aliphatic heterocycles. The predicted molar refractivity (Wildman–Crippen MR) is 69.4 cm³/mol. The van der Waals surface area contributed by atoms with Crippen molar-refractivity contribution in [1.29, 1.82) is 0 Å². The molecule has 0 aliphatic carbocycles. The van der Waals surface area contributed by atoms with Crippen molar-refractivity contribution in [2.75, 3.05) is 0 Å². The molecule has 0 saturated carbocycles. The van der Waals surface area contributed by atoms with Gasteiger partial charge >= 0.3 is 0 Å². The first-order chi connectivity index (χ1) is 8.84. The molecule has 18 heavy (non-hydrogen) atoms. The van der Waals surface area contributed by atoms with Crippen LogP contribution in [0.25, 0.3) is 11.8 Å². The molecule has 0 amide bonds. The highest BCUT2D eigenvalue weighted by atomic mass is 16.1. The molecule has 0 fully saturated rings. The summed E-state index contributed by atoms with van der Waals surface area (Å²) in [7, 11) is 0. The van der Waals surface area contributed by atoms with E-state index in [4.69, 9.17) is 4.99 Å². The van der Waals surface area contributed by atoms with Crippen LogP contribution in [0.4, 0.5) is 0 Å². The summed E-state index contributed by atoms with van der Waals surface area (Å²) in [5.41, 5.74) is 2.11. The molecule has 0 radical (unpaired) electrons. The highest BCUT2D eigenvalue weighted by Crippen LogP contribution is 2.30. The summed E-state index contributed by atoms with van der Waals surface area (Å²) in [5.74, 6) is 0. The van der Waals surface area contributed by atoms with Crippen LogP contribution >= 0.6 is 0 Å². The quantitative estimate of drug-likeness (QED) is 0.665. The number of benzene rings is 1. The van der Waals surface area contributed by atoms with Gasteiger partial charge < -0.3 is 0 Å². The van der Waals surface area contributed by atoms with Crippen molar-refractivity contribution in [3.8, 4) is 0 Å². The fourth-order valence-corrected chi connectivity index (χ4v) is 2.65. The van der Waals surface area contributed by atoms with Crippen molar-refractivity contribution in [1.82, 2.24) is 4.57 Å². The van der Waals surface area contributed by atoms with Crippen LogP contribution in [0.1, 0.15) is 11.7 Å². The van der Waals surface area contributed by atoms with Crippen LogP contribution in [0.5, 0.6) is 0 Å². The van der Waals surface area contributed by atoms with Crippen LogP contribution < -0.4 is 16.1 Å². The molecule has 3 nitrogen and oxygen atoms in total. The Morgan fingerprint density at radius 1 is 1.06 bits per heavy atom. The fourth-order valence-electron chi connectivity index (χ4n) is 2.65. The number of para-hydroxylation sites is 1. The standard InChI is InChI=1S/C15H10N2O/c18-14-7-3-6-13-15-11(8-9-17(13)14)10-4-1-2-5-12(10)16-15/h1-9,15H. The topological polar surface area (TPSA) is 34.4 Å². The third-order valence-corrected chi connectivity index (χ3v) is 3.48. The molecule has 3 heterocycles. The van der Waals surface area contributed by atoms with E-state index in [0.29, 0.717) is 0 Å². The lowest BCUT2D eigenvalue weighted by Gasteiger charge is -2.19. The maximum Gasteiger partial charge on any atom is 0.254 e. The van der Waals surface area contributed by atoms with Gasteiger partial charge in [-0.3, -0.25) is 14.4 Å². The summed E-state index contributed by atoms with van der Waals surface area (Å²) in [6.07, 6.45) is 3.83. The van der Waals surface area contributed by atoms with Crippen molar-refractivity contribution in [3.63, 3.8) is 0 Å². The van der Waals surface area contributed by atoms with E-state index in [1.54, 1.807) is 16.7 Å². The molecule has 0 saturated heterocycles. The molecule has 3 heteroatoms. The summed E-state index contributed by atoms with van der Waals surface area (Å²) in [6, 6.07) is 13.4. The molecule has 0 spiro atoms. The van der Waals surface area contributed by atoms with Gasteiger partial charge in [0.1, 0.15) is 6.04 Å². The van der Waals surface area contributed by atoms with Crippen molar-refractivity contribution >= 4 is 11.8 Å². The van der Waals surface area contributed by atoms with E-state index in [0.717, 1.165) is 11.1 Å². The van der Waals surface area contributed by atoms with Gasteiger partial charge in [0, 0.05) is 17.5 Å². The molecule has 1 aromatic carbocycles. The molecule has 1 unspecified atom stereocenters. The number of nitrogens with zero attached hydrogens (tertiary/aromatic N) is 2. The van der Waals surface area contributed by atoms with Gasteiger partial charge in [0.15, 0.2) is 0 Å². The molecule has 0 bridgehead atoms. The number of fused-ring (bicyclic) bond motifs is 4. The van der Waals surface area contributed by atoms with E-state index in [1.165, 1.54) is 10.8 Å². The Balaban J connectivity index is 2.12. The van der Waals surface area contributed by atoms with Gasteiger partial charge in [0.05, 0.1) is 11.1 Å². The second-order valence-electron chi connectivity index (χ2n) is 4.48. The maximum atomic E-state index is 11.8. The lowest BCUT2D eigenvalue weighted by atomic mass is 10.0. The summed E-state index contributed by atoms with van der Waals surface area (Å²) >= 11 is 0. The smallest absolute Gasteiger partial charge is 0.254 e. The number of hydrogen-bond donors (Lipinski definition) is 0. The average Bonchev–Trinajstić information content (AvgIpc) is 2.78. The van der Waals surface area contributed by atoms with Crippen molar-refractivity contribution in [2.45, 2.75) is 6.04 Å². The minimum absolute atomic E-state index is 0.00560. The first kappa shape index (κ1) is 9.59. The average molecular weight is 234 g/mol. The number of aromatic nitrogens is 1. The van der Waals surface area contributed by atoms with Gasteiger partial charge in [-0.1, -0.05) is 24.3 Å². The van der Waals surface area contributed by atoms with Crippen molar-refractivity contribution < 1.29 is 0 Å². The highest BCUT2D eigenvalue weighted by Gasteiger charge is 2.24. The molecule has 1 aromatic heterocycles. The van der Waals surface area contributed by atoms with E-state index >= 15 is 0 Å². The summed E-state index contributed by atoms with van der Waals surface area (Å²) < 4.78 is 1.67. The van der Waals surface area contributed by atoms with E-state index < -0.39 is 0 Å². The second kappa shape index (κ2) is 3.29. The zero-order chi connectivity index (χ0) is 12.1. The zero-order valence-electron chi connectivity index (χ0n) is 9.58. The third-order valence-electron chi connectivity index (χ3n) is 3.48. The van der Waals surface area contributed by atoms with Crippen molar-refractivity contribution in [2.24, 2.45) is 4.99 Å². The van der Waals surface area contributed by atoms with Gasteiger partial charge in [0.25, 0.3) is 5.56 Å². The lowest BCUT2D eigenvalue weighted by Crippen LogP contribution is -2.24. The van der Waals surface area contributed by atoms with Crippen LogP contribution in [0.2, 0.25) is 0 Å². The maximum absolute atomic E-state index is 11.8. The zero-order valence-corrected chi connectivity index (χ0v) is 9.58. The van der Waals surface area contributed by atoms with E-state index in [2.05, 4.69) is 6.07 Å². The van der Waals surface area contributed by atoms with Gasteiger partial charge in [0.2, 0.25) is 0 Å². The summed E-state index contributed by atoms with van der Waals surface area (Å²) in [5, 5.41) is 2.17. The van der Waals surface area contributed by atoms with Gasteiger partial charge in [-0.25, -0.2) is 0 Å². The molecular formula is C15H10N2O. The molecule has 0 N–H and O–H groups in total. The van der Waals surface area contributed by atoms with E-state index in [-0.39, 0.29) is 11.6 Å². The molecular weight excluding hydrogens is 224 g/mol. The second-order valence-corrected chi connectivity index (χ2v) is 4.48. The predicted octanol–water partition coefficient (Wildman–Crippen LogP) is 0.858. The van der Waals surface area contributed by atoms with Crippen LogP contribution in [-0.2, 0) is 0 Å². The van der Waals surface area contributed by atoms with Gasteiger partial charge in [-0.05, 0) is 23.8 Å². The molecule has 2 aromatic rings. The summed E-state index contributed by atoms with van der Waals surface area (Å²) in [4.78, 5) is 16.5. The molecule has 4 rings (SSSR count). The number of rotatable bonds is 0. The summed E-state index contributed by atoms with van der Waals surface area (Å²) in [6.45, 7) is 0. The lowest BCUT2D eigenvalue weighted by molar-refractivity contribution is 0.806. The number of pyridine rings is 1. The minimum atomic E-state index is -0.0405. The largest absolute Gasteiger partial charge is 0.286 e. The van der Waals surface area contributed by atoms with Gasteiger partial charge in [-0.15, -0.1) is 0 Å². The first-order valence-corrected chi connectivity index (χ1v) is 5.91. The van der Waals surface area contributed by atoms with Crippen LogP contribution in [-0.4, -0.2) is 4.57 Å². The van der Waals surface area contributed by atoms with Crippen LogP contribution in [0.3, 0.4) is 0 Å². The number of hydrogen-bond acceptors (Lipinski definition) is 2. The van der Waals surface area contributed by atoms with Crippen LogP contribution in [0.15, 0.2) is 58.3 Å². The fraction of sp³-hybridized carbons (Fsp3) is 0.0667. The first-order valence-electron chi connectivity index (χ1n) is 5.91. The monoisotopic (exact) mass is 234 g/mol. The Bertz CT molecular complexity index is 859. The Kier molecular flexibility index (Phi) is 1.75. The van der Waals surface area contributed by atoms with E-state index in [9.17, 15) is 4.79 Å². The molecule has 1 atom stereocenters. The normalized spacial score (nSPS) is 18.9. The Hall–Kier alpha value is -2.42. The van der Waals surface area contributed by atoms with Gasteiger partial charge in [-0.2, -0.15) is 0 Å². The SMILES string of the molecule is O=c1cccc2n1C=CC1=c3ccccc3=NC12. The minimum Gasteiger partial charge on any atom is -0.286 e. The Morgan fingerprint density at radius 2 is 1.94 bits per heavy atom. The highest BCUT2D eigenvalue weighted by molar-refractivity contribution is 5.71.